The van der Waals surface area contributed by atoms with E-state index in [9.17, 15) is 5.26 Å². The van der Waals surface area contributed by atoms with Crippen molar-refractivity contribution >= 4 is 0 Å². The highest BCUT2D eigenvalue weighted by Gasteiger charge is 2.39. The fourth-order valence-corrected chi connectivity index (χ4v) is 4.04. The fourth-order valence-electron chi connectivity index (χ4n) is 4.04. The molecule has 2 rings (SSSR count). The molecule has 1 saturated heterocycles. The number of hydrogen-bond acceptors (Lipinski definition) is 4. The van der Waals surface area contributed by atoms with Crippen molar-refractivity contribution in [1.82, 2.24) is 9.80 Å². The zero-order valence-corrected chi connectivity index (χ0v) is 13.1. The van der Waals surface area contributed by atoms with Gasteiger partial charge in [-0.1, -0.05) is 20.3 Å². The van der Waals surface area contributed by atoms with Gasteiger partial charge in [-0.2, -0.15) is 5.26 Å². The molecule has 114 valence electrons. The molecule has 2 aliphatic rings. The number of nitrogens with zero attached hydrogens (tertiary/aromatic N) is 3. The molecule has 1 heterocycles. The summed E-state index contributed by atoms with van der Waals surface area (Å²) >= 11 is 0. The Morgan fingerprint density at radius 2 is 2.10 bits per heavy atom. The van der Waals surface area contributed by atoms with E-state index in [1.807, 2.05) is 0 Å². The van der Waals surface area contributed by atoms with E-state index < -0.39 is 5.54 Å². The summed E-state index contributed by atoms with van der Waals surface area (Å²) in [6, 6.07) is 3.09. The second-order valence-electron chi connectivity index (χ2n) is 6.49. The fraction of sp³-hybridized carbons (Fsp3) is 0.938. The van der Waals surface area contributed by atoms with Crippen LogP contribution in [0.25, 0.3) is 0 Å². The Labute approximate surface area is 123 Å². The van der Waals surface area contributed by atoms with E-state index >= 15 is 0 Å². The second kappa shape index (κ2) is 6.89. The van der Waals surface area contributed by atoms with Gasteiger partial charge in [-0.15, -0.1) is 0 Å². The molecule has 20 heavy (non-hydrogen) atoms. The van der Waals surface area contributed by atoms with Crippen LogP contribution in [0.1, 0.15) is 46.0 Å². The highest BCUT2D eigenvalue weighted by molar-refractivity contribution is 5.12. The molecule has 0 bridgehead atoms. The first-order valence-corrected chi connectivity index (χ1v) is 8.29. The maximum absolute atomic E-state index is 9.27. The molecule has 0 spiro atoms. The molecule has 1 aliphatic heterocycles. The number of rotatable bonds is 6. The van der Waals surface area contributed by atoms with E-state index in [4.69, 9.17) is 5.73 Å². The van der Waals surface area contributed by atoms with E-state index in [2.05, 4.69) is 29.7 Å². The standard InChI is InChI=1S/C16H30N4/c1-3-20(4-2)15-8-11-19(12-15)10-7-14-6-5-9-16(14,18)13-17/h14-15H,3-12,18H2,1-2H3. The summed E-state index contributed by atoms with van der Waals surface area (Å²) in [5.41, 5.74) is 5.67. The molecule has 2 fully saturated rings. The normalized spacial score (nSPS) is 34.8. The van der Waals surface area contributed by atoms with Gasteiger partial charge in [-0.05, 0) is 57.8 Å². The van der Waals surface area contributed by atoms with Crippen molar-refractivity contribution in [2.24, 2.45) is 11.7 Å². The lowest BCUT2D eigenvalue weighted by Gasteiger charge is -2.28. The van der Waals surface area contributed by atoms with Crippen LogP contribution in [-0.4, -0.2) is 54.1 Å². The first-order valence-electron chi connectivity index (χ1n) is 8.29. The lowest BCUT2D eigenvalue weighted by Crippen LogP contribution is -2.43. The molecule has 0 aromatic carbocycles. The van der Waals surface area contributed by atoms with Crippen LogP contribution in [0.4, 0.5) is 0 Å². The Morgan fingerprint density at radius 1 is 1.35 bits per heavy atom. The van der Waals surface area contributed by atoms with E-state index in [0.717, 1.165) is 51.4 Å². The van der Waals surface area contributed by atoms with Gasteiger partial charge in [0.25, 0.3) is 0 Å². The summed E-state index contributed by atoms with van der Waals surface area (Å²) < 4.78 is 0. The molecule has 0 radical (unpaired) electrons. The van der Waals surface area contributed by atoms with Gasteiger partial charge >= 0.3 is 0 Å². The van der Waals surface area contributed by atoms with Crippen LogP contribution in [0.3, 0.4) is 0 Å². The maximum atomic E-state index is 9.27. The second-order valence-corrected chi connectivity index (χ2v) is 6.49. The number of hydrogen-bond donors (Lipinski definition) is 1. The van der Waals surface area contributed by atoms with E-state index in [1.165, 1.54) is 19.5 Å². The maximum Gasteiger partial charge on any atom is 0.107 e. The van der Waals surface area contributed by atoms with Crippen molar-refractivity contribution in [3.8, 4) is 6.07 Å². The van der Waals surface area contributed by atoms with Crippen LogP contribution in [0.2, 0.25) is 0 Å². The monoisotopic (exact) mass is 278 g/mol. The van der Waals surface area contributed by atoms with Crippen LogP contribution < -0.4 is 5.73 Å². The SMILES string of the molecule is CCN(CC)C1CCN(CCC2CCCC2(N)C#N)C1. The quantitative estimate of drug-likeness (QED) is 0.805. The van der Waals surface area contributed by atoms with Gasteiger partial charge in [0.15, 0.2) is 0 Å². The van der Waals surface area contributed by atoms with Crippen LogP contribution in [0.15, 0.2) is 0 Å². The Kier molecular flexibility index (Phi) is 5.42. The lowest BCUT2D eigenvalue weighted by molar-refractivity contribution is 0.204. The molecule has 1 saturated carbocycles. The summed E-state index contributed by atoms with van der Waals surface area (Å²) in [4.78, 5) is 5.14. The van der Waals surface area contributed by atoms with E-state index in [0.29, 0.717) is 5.92 Å². The summed E-state index contributed by atoms with van der Waals surface area (Å²) in [5.74, 6) is 0.403. The molecule has 3 unspecified atom stereocenters. The van der Waals surface area contributed by atoms with E-state index in [1.54, 1.807) is 0 Å². The minimum atomic E-state index is -0.544. The number of nitriles is 1. The number of nitrogens with two attached hydrogens (primary N) is 1. The zero-order valence-electron chi connectivity index (χ0n) is 13.1. The number of likely N-dealkylation sites (tertiary alicyclic amines) is 1. The van der Waals surface area contributed by atoms with Gasteiger partial charge in [0.1, 0.15) is 5.54 Å². The number of likely N-dealkylation sites (N-methyl/N-ethyl adjacent to an activating group) is 1. The van der Waals surface area contributed by atoms with Crippen LogP contribution in [0, 0.1) is 17.2 Å². The highest BCUT2D eigenvalue weighted by atomic mass is 15.2. The molecule has 4 heteroatoms. The molecule has 0 amide bonds. The smallest absolute Gasteiger partial charge is 0.107 e. The predicted octanol–water partition coefficient (Wildman–Crippen LogP) is 1.81. The Balaban J connectivity index is 1.77. The highest BCUT2D eigenvalue weighted by Crippen LogP contribution is 2.35. The zero-order chi connectivity index (χ0) is 14.6. The van der Waals surface area contributed by atoms with Gasteiger partial charge in [0, 0.05) is 12.6 Å². The van der Waals surface area contributed by atoms with Crippen molar-refractivity contribution in [3.05, 3.63) is 0 Å². The Morgan fingerprint density at radius 3 is 2.75 bits per heavy atom. The minimum absolute atomic E-state index is 0.403. The first-order chi connectivity index (χ1) is 9.62. The predicted molar refractivity (Wildman–Crippen MR) is 82.3 cm³/mol. The van der Waals surface area contributed by atoms with E-state index in [-0.39, 0.29) is 0 Å². The third kappa shape index (κ3) is 3.33. The average molecular weight is 278 g/mol. The summed E-state index contributed by atoms with van der Waals surface area (Å²) in [6.45, 7) is 10.3. The first kappa shape index (κ1) is 15.8. The molecule has 3 atom stereocenters. The minimum Gasteiger partial charge on any atom is -0.313 e. The van der Waals surface area contributed by atoms with Crippen molar-refractivity contribution in [2.75, 3.05) is 32.7 Å². The lowest BCUT2D eigenvalue weighted by atomic mass is 9.87. The summed E-state index contributed by atoms with van der Waals surface area (Å²) in [6.07, 6.45) is 5.53. The Bertz CT molecular complexity index is 347. The molecular formula is C16H30N4. The van der Waals surface area contributed by atoms with Crippen LogP contribution in [0.5, 0.6) is 0 Å². The topological polar surface area (TPSA) is 56.3 Å². The van der Waals surface area contributed by atoms with Crippen LogP contribution in [-0.2, 0) is 0 Å². The molecule has 4 nitrogen and oxygen atoms in total. The van der Waals surface area contributed by atoms with Gasteiger partial charge < -0.3 is 10.6 Å². The molecule has 1 aliphatic carbocycles. The van der Waals surface area contributed by atoms with Gasteiger partial charge in [0.05, 0.1) is 6.07 Å². The third-order valence-electron chi connectivity index (χ3n) is 5.45. The van der Waals surface area contributed by atoms with Gasteiger partial charge in [0.2, 0.25) is 0 Å². The third-order valence-corrected chi connectivity index (χ3v) is 5.45. The van der Waals surface area contributed by atoms with Crippen LogP contribution >= 0.6 is 0 Å². The Hall–Kier alpha value is -0.630. The molecule has 0 aromatic rings. The van der Waals surface area contributed by atoms with Crippen molar-refractivity contribution in [1.29, 1.82) is 5.26 Å². The van der Waals surface area contributed by atoms with Crippen molar-refractivity contribution < 1.29 is 0 Å². The molecule has 0 aromatic heterocycles. The van der Waals surface area contributed by atoms with Gasteiger partial charge in [-0.3, -0.25) is 4.90 Å². The average Bonchev–Trinajstić information content (AvgIpc) is 3.06. The van der Waals surface area contributed by atoms with Crippen molar-refractivity contribution in [3.63, 3.8) is 0 Å². The molecular weight excluding hydrogens is 248 g/mol. The largest absolute Gasteiger partial charge is 0.313 e. The summed E-state index contributed by atoms with van der Waals surface area (Å²) in [5, 5.41) is 9.27. The summed E-state index contributed by atoms with van der Waals surface area (Å²) in [7, 11) is 0. The van der Waals surface area contributed by atoms with Gasteiger partial charge in [-0.25, -0.2) is 0 Å². The molecule has 2 N–H and O–H groups in total. The van der Waals surface area contributed by atoms with Crippen molar-refractivity contribution in [2.45, 2.75) is 57.5 Å².